The third-order valence-electron chi connectivity index (χ3n) is 5.07. The van der Waals surface area contributed by atoms with Crippen molar-refractivity contribution in [3.8, 4) is 5.75 Å². The topological polar surface area (TPSA) is 61.7 Å². The van der Waals surface area contributed by atoms with Crippen LogP contribution in [0.15, 0.2) is 41.8 Å². The molecule has 0 radical (unpaired) electrons. The Kier molecular flexibility index (Phi) is 8.09. The summed E-state index contributed by atoms with van der Waals surface area (Å²) in [5.74, 6) is 0.959. The van der Waals surface area contributed by atoms with Crippen molar-refractivity contribution in [1.82, 2.24) is 19.8 Å². The maximum absolute atomic E-state index is 9.58. The van der Waals surface area contributed by atoms with Gasteiger partial charge in [-0.1, -0.05) is 30.0 Å². The highest BCUT2D eigenvalue weighted by Crippen LogP contribution is 2.24. The van der Waals surface area contributed by atoms with Crippen LogP contribution in [0.5, 0.6) is 5.75 Å². The summed E-state index contributed by atoms with van der Waals surface area (Å²) in [7, 11) is 0. The van der Waals surface area contributed by atoms with Crippen molar-refractivity contribution in [2.24, 2.45) is 0 Å². The molecule has 1 fully saturated rings. The number of nitrogens with zero attached hydrogens (tertiary/aromatic N) is 4. The van der Waals surface area contributed by atoms with E-state index in [0.717, 1.165) is 55.6 Å². The van der Waals surface area contributed by atoms with Gasteiger partial charge in [-0.3, -0.25) is 9.80 Å². The quantitative estimate of drug-likeness (QED) is 0.511. The second-order valence-electron chi connectivity index (χ2n) is 6.99. The standard InChI is InChI=1S/C21H30N4O2S/c1-3-27-20-7-5-4-6-18(20)15-25-10-9-24(16-19(25)8-11-26)14-17-12-22-21(28-2)23-13-17/h4-7,12-13,19,26H,3,8-11,14-16H2,1-2H3/t19-/m0/s1. The number of aliphatic hydroxyl groups excluding tert-OH is 1. The van der Waals surface area contributed by atoms with Crippen LogP contribution in [-0.4, -0.2) is 70.0 Å². The molecule has 0 amide bonds. The second kappa shape index (κ2) is 10.8. The number of rotatable bonds is 9. The number of thioether (sulfide) groups is 1. The minimum Gasteiger partial charge on any atom is -0.494 e. The lowest BCUT2D eigenvalue weighted by atomic mass is 10.1. The Labute approximate surface area is 171 Å². The van der Waals surface area contributed by atoms with E-state index in [2.05, 4.69) is 31.9 Å². The Morgan fingerprint density at radius 1 is 1.18 bits per heavy atom. The zero-order chi connectivity index (χ0) is 19.8. The smallest absolute Gasteiger partial charge is 0.187 e. The maximum atomic E-state index is 9.58. The van der Waals surface area contributed by atoms with Gasteiger partial charge in [-0.2, -0.15) is 0 Å². The molecule has 1 saturated heterocycles. The van der Waals surface area contributed by atoms with Crippen LogP contribution >= 0.6 is 11.8 Å². The first-order valence-electron chi connectivity index (χ1n) is 9.86. The van der Waals surface area contributed by atoms with Crippen molar-refractivity contribution in [1.29, 1.82) is 0 Å². The molecule has 1 aromatic carbocycles. The van der Waals surface area contributed by atoms with E-state index in [-0.39, 0.29) is 6.61 Å². The van der Waals surface area contributed by atoms with Crippen molar-refractivity contribution < 1.29 is 9.84 Å². The number of benzene rings is 1. The van der Waals surface area contributed by atoms with Crippen LogP contribution in [0, 0.1) is 0 Å². The number of para-hydroxylation sites is 1. The summed E-state index contributed by atoms with van der Waals surface area (Å²) in [6.45, 7) is 7.47. The molecule has 1 N–H and O–H groups in total. The van der Waals surface area contributed by atoms with E-state index < -0.39 is 0 Å². The summed E-state index contributed by atoms with van der Waals surface area (Å²) >= 11 is 1.56. The normalized spacial score (nSPS) is 18.3. The molecule has 0 spiro atoms. The molecule has 0 aliphatic carbocycles. The van der Waals surface area contributed by atoms with Gasteiger partial charge < -0.3 is 9.84 Å². The van der Waals surface area contributed by atoms with Crippen LogP contribution in [0.3, 0.4) is 0 Å². The Hall–Kier alpha value is -1.67. The van der Waals surface area contributed by atoms with Gasteiger partial charge in [0.2, 0.25) is 0 Å². The Bertz CT molecular complexity index is 729. The first kappa shape index (κ1) is 21.0. The fourth-order valence-corrected chi connectivity index (χ4v) is 3.99. The second-order valence-corrected chi connectivity index (χ2v) is 7.76. The zero-order valence-corrected chi connectivity index (χ0v) is 17.6. The SMILES string of the molecule is CCOc1ccccc1CN1CCN(Cc2cnc(SC)nc2)C[C@@H]1CCO. The first-order valence-corrected chi connectivity index (χ1v) is 11.1. The average Bonchev–Trinajstić information content (AvgIpc) is 2.72. The number of aliphatic hydroxyl groups is 1. The van der Waals surface area contributed by atoms with Crippen LogP contribution in [0.25, 0.3) is 0 Å². The molecule has 1 aliphatic rings. The van der Waals surface area contributed by atoms with E-state index in [1.165, 1.54) is 5.56 Å². The average molecular weight is 403 g/mol. The van der Waals surface area contributed by atoms with Gasteiger partial charge in [-0.25, -0.2) is 9.97 Å². The molecule has 3 rings (SSSR count). The number of hydrogen-bond donors (Lipinski definition) is 1. The van der Waals surface area contributed by atoms with Crippen LogP contribution in [0.1, 0.15) is 24.5 Å². The first-order chi connectivity index (χ1) is 13.7. The minimum absolute atomic E-state index is 0.202. The molecule has 0 bridgehead atoms. The van der Waals surface area contributed by atoms with Crippen molar-refractivity contribution in [3.05, 3.63) is 47.8 Å². The molecule has 152 valence electrons. The predicted octanol–water partition coefficient (Wildman–Crippen LogP) is 2.67. The fourth-order valence-electron chi connectivity index (χ4n) is 3.67. The van der Waals surface area contributed by atoms with Crippen molar-refractivity contribution in [3.63, 3.8) is 0 Å². The van der Waals surface area contributed by atoms with Crippen LogP contribution in [0.4, 0.5) is 0 Å². The number of ether oxygens (including phenoxy) is 1. The Morgan fingerprint density at radius 3 is 2.68 bits per heavy atom. The van der Waals surface area contributed by atoms with Gasteiger partial charge in [-0.05, 0) is 25.7 Å². The lowest BCUT2D eigenvalue weighted by Gasteiger charge is -2.41. The van der Waals surface area contributed by atoms with Gasteiger partial charge in [0.25, 0.3) is 0 Å². The summed E-state index contributed by atoms with van der Waals surface area (Å²) in [6, 6.07) is 8.57. The molecule has 2 aromatic rings. The molecule has 28 heavy (non-hydrogen) atoms. The molecule has 0 unspecified atom stereocenters. The lowest BCUT2D eigenvalue weighted by molar-refractivity contribution is 0.0493. The van der Waals surface area contributed by atoms with Gasteiger partial charge >= 0.3 is 0 Å². The summed E-state index contributed by atoms with van der Waals surface area (Å²) in [4.78, 5) is 13.7. The molecule has 1 aliphatic heterocycles. The highest BCUT2D eigenvalue weighted by atomic mass is 32.2. The number of aromatic nitrogens is 2. The molecule has 2 heterocycles. The minimum atomic E-state index is 0.202. The summed E-state index contributed by atoms with van der Waals surface area (Å²) in [5.41, 5.74) is 2.34. The van der Waals surface area contributed by atoms with Crippen molar-refractivity contribution in [2.45, 2.75) is 37.6 Å². The zero-order valence-electron chi connectivity index (χ0n) is 16.8. The Balaban J connectivity index is 1.63. The van der Waals surface area contributed by atoms with E-state index in [1.807, 2.05) is 37.7 Å². The summed E-state index contributed by atoms with van der Waals surface area (Å²) in [5, 5.41) is 10.4. The van der Waals surface area contributed by atoms with Gasteiger partial charge in [-0.15, -0.1) is 0 Å². The van der Waals surface area contributed by atoms with Crippen LogP contribution in [-0.2, 0) is 13.1 Å². The van der Waals surface area contributed by atoms with Gasteiger partial charge in [0.1, 0.15) is 5.75 Å². The van der Waals surface area contributed by atoms with Crippen LogP contribution in [0.2, 0.25) is 0 Å². The molecule has 1 aromatic heterocycles. The molecular formula is C21H30N4O2S. The van der Waals surface area contributed by atoms with Crippen molar-refractivity contribution >= 4 is 11.8 Å². The van der Waals surface area contributed by atoms with Gasteiger partial charge in [0.15, 0.2) is 5.16 Å². The van der Waals surface area contributed by atoms with E-state index >= 15 is 0 Å². The predicted molar refractivity (Wildman–Crippen MR) is 113 cm³/mol. The van der Waals surface area contributed by atoms with Gasteiger partial charge in [0.05, 0.1) is 6.61 Å². The van der Waals surface area contributed by atoms with Gasteiger partial charge in [0, 0.05) is 68.9 Å². The molecule has 1 atom stereocenters. The monoisotopic (exact) mass is 402 g/mol. The van der Waals surface area contributed by atoms with E-state index in [0.29, 0.717) is 12.6 Å². The fraction of sp³-hybridized carbons (Fsp3) is 0.524. The van der Waals surface area contributed by atoms with Crippen LogP contribution < -0.4 is 4.74 Å². The van der Waals surface area contributed by atoms with E-state index in [9.17, 15) is 5.11 Å². The highest BCUT2D eigenvalue weighted by Gasteiger charge is 2.27. The van der Waals surface area contributed by atoms with E-state index in [1.54, 1.807) is 11.8 Å². The number of hydrogen-bond acceptors (Lipinski definition) is 7. The summed E-state index contributed by atoms with van der Waals surface area (Å²) < 4.78 is 5.79. The highest BCUT2D eigenvalue weighted by molar-refractivity contribution is 7.98. The third-order valence-corrected chi connectivity index (χ3v) is 5.64. The molecule has 0 saturated carbocycles. The Morgan fingerprint density at radius 2 is 1.96 bits per heavy atom. The maximum Gasteiger partial charge on any atom is 0.187 e. The van der Waals surface area contributed by atoms with E-state index in [4.69, 9.17) is 4.74 Å². The molecule has 6 nitrogen and oxygen atoms in total. The summed E-state index contributed by atoms with van der Waals surface area (Å²) in [6.07, 6.45) is 6.60. The van der Waals surface area contributed by atoms with Crippen molar-refractivity contribution in [2.75, 3.05) is 39.1 Å². The molecular weight excluding hydrogens is 372 g/mol. The lowest BCUT2D eigenvalue weighted by Crippen LogP contribution is -2.52. The largest absolute Gasteiger partial charge is 0.494 e. The molecule has 7 heteroatoms. The third kappa shape index (κ3) is 5.67. The number of piperazine rings is 1.